The van der Waals surface area contributed by atoms with Crippen LogP contribution >= 0.6 is 0 Å². The van der Waals surface area contributed by atoms with E-state index in [1.807, 2.05) is 5.48 Å². The summed E-state index contributed by atoms with van der Waals surface area (Å²) in [6.07, 6.45) is 1.47. The van der Waals surface area contributed by atoms with Gasteiger partial charge in [0.05, 0.1) is 11.8 Å². The first-order chi connectivity index (χ1) is 6.11. The van der Waals surface area contributed by atoms with E-state index in [2.05, 4.69) is 5.16 Å². The van der Waals surface area contributed by atoms with Crippen LogP contribution in [0, 0.1) is 0 Å². The molecule has 1 heterocycles. The van der Waals surface area contributed by atoms with Crippen molar-refractivity contribution in [3.8, 4) is 0 Å². The van der Waals surface area contributed by atoms with Gasteiger partial charge < -0.3 is 14.8 Å². The molecule has 13 heavy (non-hydrogen) atoms. The molecule has 0 unspecified atom stereocenters. The standard InChI is InChI=1S/C8H12N2O3/c1-8(2,10-12)7(9-11)6-4-3-5-13-6/h3-5,10-12H,1-2H3/b9-7-. The number of oxime groups is 1. The van der Waals surface area contributed by atoms with E-state index in [0.29, 0.717) is 5.76 Å². The van der Waals surface area contributed by atoms with Gasteiger partial charge in [-0.25, -0.2) is 0 Å². The molecule has 5 heteroatoms. The van der Waals surface area contributed by atoms with Crippen molar-refractivity contribution in [2.45, 2.75) is 19.4 Å². The molecule has 0 saturated heterocycles. The van der Waals surface area contributed by atoms with Crippen LogP contribution in [0.4, 0.5) is 0 Å². The van der Waals surface area contributed by atoms with Crippen LogP contribution in [0.3, 0.4) is 0 Å². The average Bonchev–Trinajstić information content (AvgIpc) is 2.58. The molecule has 1 rings (SSSR count). The van der Waals surface area contributed by atoms with Gasteiger partial charge >= 0.3 is 0 Å². The third kappa shape index (κ3) is 1.88. The van der Waals surface area contributed by atoms with Gasteiger partial charge in [-0.15, -0.1) is 0 Å². The Kier molecular flexibility index (Phi) is 2.69. The highest BCUT2D eigenvalue weighted by Gasteiger charge is 2.28. The van der Waals surface area contributed by atoms with Crippen LogP contribution < -0.4 is 5.48 Å². The maximum atomic E-state index is 8.81. The quantitative estimate of drug-likeness (QED) is 0.375. The van der Waals surface area contributed by atoms with Crippen LogP contribution in [-0.2, 0) is 0 Å². The van der Waals surface area contributed by atoms with E-state index in [4.69, 9.17) is 14.8 Å². The summed E-state index contributed by atoms with van der Waals surface area (Å²) >= 11 is 0. The van der Waals surface area contributed by atoms with Crippen LogP contribution in [0.2, 0.25) is 0 Å². The molecule has 0 aliphatic heterocycles. The molecule has 0 saturated carbocycles. The second-order valence-electron chi connectivity index (χ2n) is 3.16. The fourth-order valence-electron chi connectivity index (χ4n) is 0.949. The van der Waals surface area contributed by atoms with Gasteiger partial charge in [-0.1, -0.05) is 5.16 Å². The van der Waals surface area contributed by atoms with Crippen LogP contribution in [0.15, 0.2) is 28.0 Å². The van der Waals surface area contributed by atoms with Gasteiger partial charge in [-0.3, -0.25) is 0 Å². The van der Waals surface area contributed by atoms with E-state index < -0.39 is 5.54 Å². The van der Waals surface area contributed by atoms with Gasteiger partial charge in [-0.05, 0) is 26.0 Å². The van der Waals surface area contributed by atoms with E-state index in [0.717, 1.165) is 0 Å². The van der Waals surface area contributed by atoms with Crippen molar-refractivity contribution in [3.63, 3.8) is 0 Å². The lowest BCUT2D eigenvalue weighted by Crippen LogP contribution is -2.45. The lowest BCUT2D eigenvalue weighted by molar-refractivity contribution is 0.113. The van der Waals surface area contributed by atoms with Gasteiger partial charge in [-0.2, -0.15) is 5.48 Å². The normalized spacial score (nSPS) is 13.3. The van der Waals surface area contributed by atoms with Crippen molar-refractivity contribution < 1.29 is 14.8 Å². The summed E-state index contributed by atoms with van der Waals surface area (Å²) in [6.45, 7) is 3.31. The number of hydrogen-bond acceptors (Lipinski definition) is 5. The van der Waals surface area contributed by atoms with E-state index in [-0.39, 0.29) is 5.71 Å². The Morgan fingerprint density at radius 1 is 1.62 bits per heavy atom. The third-order valence-electron chi connectivity index (χ3n) is 1.73. The summed E-state index contributed by atoms with van der Waals surface area (Å²) in [4.78, 5) is 0. The molecule has 0 atom stereocenters. The van der Waals surface area contributed by atoms with Crippen molar-refractivity contribution in [1.82, 2.24) is 5.48 Å². The first-order valence-corrected chi connectivity index (χ1v) is 3.79. The highest BCUT2D eigenvalue weighted by Crippen LogP contribution is 2.13. The minimum atomic E-state index is -0.855. The summed E-state index contributed by atoms with van der Waals surface area (Å²) in [5, 5.41) is 20.6. The monoisotopic (exact) mass is 184 g/mol. The van der Waals surface area contributed by atoms with Crippen LogP contribution in [0.5, 0.6) is 0 Å². The summed E-state index contributed by atoms with van der Waals surface area (Å²) in [7, 11) is 0. The van der Waals surface area contributed by atoms with Gasteiger partial charge in [0.2, 0.25) is 0 Å². The molecule has 3 N–H and O–H groups in total. The lowest BCUT2D eigenvalue weighted by atomic mass is 9.98. The van der Waals surface area contributed by atoms with E-state index in [1.54, 1.807) is 26.0 Å². The molecule has 0 aromatic carbocycles. The van der Waals surface area contributed by atoms with Crippen molar-refractivity contribution in [3.05, 3.63) is 24.2 Å². The van der Waals surface area contributed by atoms with Crippen molar-refractivity contribution in [2.75, 3.05) is 0 Å². The molecule has 1 aromatic heterocycles. The smallest absolute Gasteiger partial charge is 0.153 e. The predicted octanol–water partition coefficient (Wildman–Crippen LogP) is 1.22. The van der Waals surface area contributed by atoms with E-state index in [1.165, 1.54) is 6.26 Å². The first-order valence-electron chi connectivity index (χ1n) is 3.79. The average molecular weight is 184 g/mol. The fraction of sp³-hybridized carbons (Fsp3) is 0.375. The van der Waals surface area contributed by atoms with Gasteiger partial charge in [0.1, 0.15) is 5.71 Å². The molecular formula is C8H12N2O3. The maximum Gasteiger partial charge on any atom is 0.153 e. The molecule has 0 radical (unpaired) electrons. The summed E-state index contributed by atoms with van der Waals surface area (Å²) in [5.74, 6) is 0.411. The summed E-state index contributed by atoms with van der Waals surface area (Å²) < 4.78 is 5.03. The van der Waals surface area contributed by atoms with Crippen molar-refractivity contribution >= 4 is 5.71 Å². The van der Waals surface area contributed by atoms with Crippen LogP contribution in [-0.4, -0.2) is 21.7 Å². The SMILES string of the molecule is CC(C)(NO)/C(=N\O)c1ccco1. The Labute approximate surface area is 75.6 Å². The predicted molar refractivity (Wildman–Crippen MR) is 46.0 cm³/mol. The molecule has 72 valence electrons. The minimum absolute atomic E-state index is 0.236. The second kappa shape index (κ2) is 3.59. The Balaban J connectivity index is 3.01. The van der Waals surface area contributed by atoms with Gasteiger partial charge in [0, 0.05) is 0 Å². The highest BCUT2D eigenvalue weighted by molar-refractivity contribution is 6.04. The molecule has 0 amide bonds. The van der Waals surface area contributed by atoms with Crippen molar-refractivity contribution in [2.24, 2.45) is 5.16 Å². The second-order valence-corrected chi connectivity index (χ2v) is 3.16. The largest absolute Gasteiger partial charge is 0.463 e. The highest BCUT2D eigenvalue weighted by atomic mass is 16.5. The topological polar surface area (TPSA) is 78.0 Å². The van der Waals surface area contributed by atoms with Gasteiger partial charge in [0.25, 0.3) is 0 Å². The van der Waals surface area contributed by atoms with Crippen LogP contribution in [0.25, 0.3) is 0 Å². The number of nitrogens with one attached hydrogen (secondary N) is 1. The van der Waals surface area contributed by atoms with Gasteiger partial charge in [0.15, 0.2) is 5.76 Å². The zero-order valence-corrected chi connectivity index (χ0v) is 7.48. The lowest BCUT2D eigenvalue weighted by Gasteiger charge is -2.21. The van der Waals surface area contributed by atoms with E-state index in [9.17, 15) is 0 Å². The van der Waals surface area contributed by atoms with E-state index >= 15 is 0 Å². The molecule has 1 aromatic rings. The Bertz CT molecular complexity index is 290. The third-order valence-corrected chi connectivity index (χ3v) is 1.73. The maximum absolute atomic E-state index is 8.81. The van der Waals surface area contributed by atoms with Crippen molar-refractivity contribution in [1.29, 1.82) is 0 Å². The molecule has 0 aliphatic rings. The summed E-state index contributed by atoms with van der Waals surface area (Å²) in [5.41, 5.74) is 1.41. The molecule has 0 spiro atoms. The zero-order chi connectivity index (χ0) is 9.90. The molecule has 0 fully saturated rings. The molecule has 0 bridgehead atoms. The molecule has 0 aliphatic carbocycles. The summed E-state index contributed by atoms with van der Waals surface area (Å²) in [6, 6.07) is 3.32. The number of rotatable bonds is 3. The molecular weight excluding hydrogens is 172 g/mol. The first kappa shape index (κ1) is 9.76. The fourth-order valence-corrected chi connectivity index (χ4v) is 0.949. The number of hydroxylamine groups is 1. The Hall–Kier alpha value is -1.33. The van der Waals surface area contributed by atoms with Crippen LogP contribution in [0.1, 0.15) is 19.6 Å². The Morgan fingerprint density at radius 3 is 2.69 bits per heavy atom. The number of nitrogens with zero attached hydrogens (tertiary/aromatic N) is 1. The zero-order valence-electron chi connectivity index (χ0n) is 7.48. The number of furan rings is 1. The Morgan fingerprint density at radius 2 is 2.31 bits per heavy atom. The number of hydrogen-bond donors (Lipinski definition) is 3. The minimum Gasteiger partial charge on any atom is -0.463 e. The molecule has 5 nitrogen and oxygen atoms in total.